The summed E-state index contributed by atoms with van der Waals surface area (Å²) in [6.07, 6.45) is 0. The zero-order chi connectivity index (χ0) is 19.0. The van der Waals surface area contributed by atoms with Gasteiger partial charge in [-0.05, 0) is 29.2 Å². The number of hydrogen-bond donors (Lipinski definition) is 1. The van der Waals surface area contributed by atoms with Crippen LogP contribution in [-0.4, -0.2) is 32.8 Å². The van der Waals surface area contributed by atoms with Crippen molar-refractivity contribution >= 4 is 11.6 Å². The molecule has 0 fully saturated rings. The molecule has 0 aliphatic rings. The number of anilines is 1. The molecule has 0 unspecified atom stereocenters. The summed E-state index contributed by atoms with van der Waals surface area (Å²) < 4.78 is 16.2. The van der Waals surface area contributed by atoms with E-state index in [0.717, 1.165) is 11.3 Å². The number of methoxy groups -OCH3 is 1. The molecule has 140 valence electrons. The summed E-state index contributed by atoms with van der Waals surface area (Å²) in [5.74, 6) is 1.19. The van der Waals surface area contributed by atoms with E-state index in [4.69, 9.17) is 14.2 Å². The van der Waals surface area contributed by atoms with Crippen LogP contribution in [0, 0.1) is 0 Å². The Morgan fingerprint density at radius 2 is 1.77 bits per heavy atom. The molecule has 0 aromatic heterocycles. The van der Waals surface area contributed by atoms with Crippen LogP contribution in [0.25, 0.3) is 0 Å². The van der Waals surface area contributed by atoms with Gasteiger partial charge in [-0.3, -0.25) is 4.79 Å². The molecule has 0 radical (unpaired) electrons. The van der Waals surface area contributed by atoms with Gasteiger partial charge in [-0.25, -0.2) is 0 Å². The van der Waals surface area contributed by atoms with Crippen LogP contribution in [0.2, 0.25) is 0 Å². The molecule has 5 heteroatoms. The largest absolute Gasteiger partial charge is 0.491 e. The lowest BCUT2D eigenvalue weighted by molar-refractivity contribution is -0.118. The van der Waals surface area contributed by atoms with E-state index in [0.29, 0.717) is 24.7 Å². The van der Waals surface area contributed by atoms with Gasteiger partial charge in [-0.15, -0.1) is 0 Å². The van der Waals surface area contributed by atoms with Crippen molar-refractivity contribution in [3.63, 3.8) is 0 Å². The molecule has 0 spiro atoms. The zero-order valence-corrected chi connectivity index (χ0v) is 15.9. The van der Waals surface area contributed by atoms with Crippen molar-refractivity contribution < 1.29 is 19.0 Å². The third kappa shape index (κ3) is 6.08. The molecule has 0 saturated carbocycles. The number of carbonyl (C=O) groups is 1. The predicted octanol–water partition coefficient (Wildman–Crippen LogP) is 4.03. The molecule has 5 nitrogen and oxygen atoms in total. The summed E-state index contributed by atoms with van der Waals surface area (Å²) >= 11 is 0. The topological polar surface area (TPSA) is 56.8 Å². The van der Waals surface area contributed by atoms with E-state index in [1.165, 1.54) is 0 Å². The van der Waals surface area contributed by atoms with Crippen LogP contribution in [0.3, 0.4) is 0 Å². The standard InChI is InChI=1S/C21H27NO4/c1-21(2,3)18-10-5-6-11-19(18)26-15-20(23)22-16-8-7-9-17(14-16)25-13-12-24-4/h5-11,14H,12-13,15H2,1-4H3,(H,22,23). The summed E-state index contributed by atoms with van der Waals surface area (Å²) in [4.78, 5) is 12.2. The van der Waals surface area contributed by atoms with Crippen LogP contribution in [0.4, 0.5) is 5.69 Å². The highest BCUT2D eigenvalue weighted by Gasteiger charge is 2.18. The first-order valence-electron chi connectivity index (χ1n) is 8.64. The molecule has 2 aromatic rings. The fourth-order valence-electron chi connectivity index (χ4n) is 2.46. The number of benzene rings is 2. The minimum Gasteiger partial charge on any atom is -0.491 e. The van der Waals surface area contributed by atoms with Gasteiger partial charge in [0, 0.05) is 18.9 Å². The maximum atomic E-state index is 12.2. The van der Waals surface area contributed by atoms with Crippen molar-refractivity contribution in [3.8, 4) is 11.5 Å². The molecule has 0 aliphatic carbocycles. The SMILES string of the molecule is COCCOc1cccc(NC(=O)COc2ccccc2C(C)(C)C)c1. The first kappa shape index (κ1) is 19.8. The average Bonchev–Trinajstić information content (AvgIpc) is 2.60. The van der Waals surface area contributed by atoms with E-state index in [9.17, 15) is 4.79 Å². The molecule has 1 amide bonds. The first-order chi connectivity index (χ1) is 12.4. The minimum absolute atomic E-state index is 0.0537. The number of amides is 1. The van der Waals surface area contributed by atoms with E-state index in [1.54, 1.807) is 13.2 Å². The average molecular weight is 357 g/mol. The van der Waals surface area contributed by atoms with Crippen molar-refractivity contribution in [2.75, 3.05) is 32.2 Å². The van der Waals surface area contributed by atoms with E-state index < -0.39 is 0 Å². The Hall–Kier alpha value is -2.53. The van der Waals surface area contributed by atoms with Gasteiger partial charge >= 0.3 is 0 Å². The normalized spacial score (nSPS) is 11.1. The number of nitrogens with one attached hydrogen (secondary N) is 1. The lowest BCUT2D eigenvalue weighted by Crippen LogP contribution is -2.22. The predicted molar refractivity (Wildman–Crippen MR) is 103 cm³/mol. The second-order valence-electron chi connectivity index (χ2n) is 6.95. The number of ether oxygens (including phenoxy) is 3. The van der Waals surface area contributed by atoms with Crippen molar-refractivity contribution in [1.82, 2.24) is 0 Å². The Kier molecular flexibility index (Phi) is 7.04. The first-order valence-corrected chi connectivity index (χ1v) is 8.64. The quantitative estimate of drug-likeness (QED) is 0.725. The highest BCUT2D eigenvalue weighted by molar-refractivity contribution is 5.92. The lowest BCUT2D eigenvalue weighted by atomic mass is 9.86. The Bertz CT molecular complexity index is 722. The summed E-state index contributed by atoms with van der Waals surface area (Å²) in [5.41, 5.74) is 1.68. The van der Waals surface area contributed by atoms with Gasteiger partial charge in [-0.2, -0.15) is 0 Å². The summed E-state index contributed by atoms with van der Waals surface area (Å²) in [7, 11) is 1.62. The van der Waals surface area contributed by atoms with Crippen LogP contribution < -0.4 is 14.8 Å². The van der Waals surface area contributed by atoms with Gasteiger partial charge < -0.3 is 19.5 Å². The third-order valence-electron chi connectivity index (χ3n) is 3.73. The monoisotopic (exact) mass is 357 g/mol. The minimum atomic E-state index is -0.220. The Morgan fingerprint density at radius 3 is 2.50 bits per heavy atom. The summed E-state index contributed by atoms with van der Waals surface area (Å²) in [5, 5.41) is 2.83. The number of carbonyl (C=O) groups excluding carboxylic acids is 1. The summed E-state index contributed by atoms with van der Waals surface area (Å²) in [6, 6.07) is 15.0. The van der Waals surface area contributed by atoms with Crippen LogP contribution in [0.15, 0.2) is 48.5 Å². The second-order valence-corrected chi connectivity index (χ2v) is 6.95. The molecule has 1 N–H and O–H groups in total. The molecular weight excluding hydrogens is 330 g/mol. The van der Waals surface area contributed by atoms with Crippen molar-refractivity contribution in [2.45, 2.75) is 26.2 Å². The lowest BCUT2D eigenvalue weighted by Gasteiger charge is -2.22. The highest BCUT2D eigenvalue weighted by atomic mass is 16.5. The van der Waals surface area contributed by atoms with Gasteiger partial charge in [-0.1, -0.05) is 45.0 Å². The molecule has 0 atom stereocenters. The maximum Gasteiger partial charge on any atom is 0.262 e. The van der Waals surface area contributed by atoms with Gasteiger partial charge in [0.25, 0.3) is 5.91 Å². The zero-order valence-electron chi connectivity index (χ0n) is 15.9. The second kappa shape index (κ2) is 9.25. The molecule has 0 saturated heterocycles. The number of hydrogen-bond acceptors (Lipinski definition) is 4. The maximum absolute atomic E-state index is 12.2. The Morgan fingerprint density at radius 1 is 1.00 bits per heavy atom. The molecule has 0 heterocycles. The molecule has 2 rings (SSSR count). The number of rotatable bonds is 8. The molecule has 26 heavy (non-hydrogen) atoms. The van der Waals surface area contributed by atoms with Gasteiger partial charge in [0.2, 0.25) is 0 Å². The van der Waals surface area contributed by atoms with Gasteiger partial charge in [0.1, 0.15) is 18.1 Å². The fourth-order valence-corrected chi connectivity index (χ4v) is 2.46. The Balaban J connectivity index is 1.93. The van der Waals surface area contributed by atoms with Crippen LogP contribution in [-0.2, 0) is 14.9 Å². The van der Waals surface area contributed by atoms with Crippen LogP contribution in [0.1, 0.15) is 26.3 Å². The molecule has 2 aromatic carbocycles. The van der Waals surface area contributed by atoms with Crippen molar-refractivity contribution in [2.24, 2.45) is 0 Å². The van der Waals surface area contributed by atoms with Crippen LogP contribution in [0.5, 0.6) is 11.5 Å². The van der Waals surface area contributed by atoms with Crippen molar-refractivity contribution in [1.29, 1.82) is 0 Å². The third-order valence-corrected chi connectivity index (χ3v) is 3.73. The Labute approximate surface area is 155 Å². The number of para-hydroxylation sites is 1. The van der Waals surface area contributed by atoms with Gasteiger partial charge in [0.15, 0.2) is 6.61 Å². The molecular formula is C21H27NO4. The van der Waals surface area contributed by atoms with Gasteiger partial charge in [0.05, 0.1) is 6.61 Å². The molecule has 0 bridgehead atoms. The smallest absolute Gasteiger partial charge is 0.262 e. The van der Waals surface area contributed by atoms with Crippen molar-refractivity contribution in [3.05, 3.63) is 54.1 Å². The molecule has 0 aliphatic heterocycles. The highest BCUT2D eigenvalue weighted by Crippen LogP contribution is 2.30. The van der Waals surface area contributed by atoms with E-state index in [-0.39, 0.29) is 17.9 Å². The fraction of sp³-hybridized carbons (Fsp3) is 0.381. The van der Waals surface area contributed by atoms with Crippen LogP contribution >= 0.6 is 0 Å². The summed E-state index contributed by atoms with van der Waals surface area (Å²) in [6.45, 7) is 7.26. The van der Waals surface area contributed by atoms with E-state index in [2.05, 4.69) is 26.1 Å². The van der Waals surface area contributed by atoms with E-state index in [1.807, 2.05) is 42.5 Å². The van der Waals surface area contributed by atoms with E-state index >= 15 is 0 Å².